The van der Waals surface area contributed by atoms with Crippen LogP contribution in [0.1, 0.15) is 122 Å². The smallest absolute Gasteiger partial charge is 0.198 e. The quantitative estimate of drug-likeness (QED) is 0.195. The van der Waals surface area contributed by atoms with Gasteiger partial charge in [-0.05, 0) is 30.8 Å². The molecule has 0 aliphatic heterocycles. The summed E-state index contributed by atoms with van der Waals surface area (Å²) in [4.78, 5) is 10.1. The average Bonchev–Trinajstić information content (AvgIpc) is 2.60. The molecule has 0 bridgehead atoms. The molecule has 0 unspecified atom stereocenters. The predicted molar refractivity (Wildman–Crippen MR) is 112 cm³/mol. The van der Waals surface area contributed by atoms with Gasteiger partial charge in [0, 0.05) is 6.42 Å². The highest BCUT2D eigenvalue weighted by Gasteiger charge is 1.95. The molecule has 1 radical (unpaired) electrons. The maximum absolute atomic E-state index is 10.1. The predicted octanol–water partition coefficient (Wildman–Crippen LogP) is 7.87. The SMILES string of the molecule is CCCCCCCCCCCCCCCCSCCCCC[C]=O. The summed E-state index contributed by atoms with van der Waals surface area (Å²) in [5.74, 6) is 2.61. The minimum atomic E-state index is 0.629. The molecule has 1 nitrogen and oxygen atoms in total. The summed E-state index contributed by atoms with van der Waals surface area (Å²) in [6, 6.07) is 0. The van der Waals surface area contributed by atoms with Crippen LogP contribution in [0.3, 0.4) is 0 Å². The molecule has 0 saturated heterocycles. The summed E-state index contributed by atoms with van der Waals surface area (Å²) in [6.07, 6.45) is 26.3. The van der Waals surface area contributed by atoms with E-state index in [1.165, 1.54) is 114 Å². The maximum Gasteiger partial charge on any atom is 0.198 e. The van der Waals surface area contributed by atoms with E-state index in [9.17, 15) is 4.79 Å². The summed E-state index contributed by atoms with van der Waals surface area (Å²) in [5, 5.41) is 0. The van der Waals surface area contributed by atoms with Gasteiger partial charge >= 0.3 is 0 Å². The Hall–Kier alpha value is 0.0200. The van der Waals surface area contributed by atoms with Crippen LogP contribution in [-0.2, 0) is 4.79 Å². The molecule has 0 rings (SSSR count). The second-order valence-electron chi connectivity index (χ2n) is 7.16. The molecule has 24 heavy (non-hydrogen) atoms. The van der Waals surface area contributed by atoms with Gasteiger partial charge in [-0.1, -0.05) is 96.8 Å². The monoisotopic (exact) mass is 355 g/mol. The Labute approximate surface area is 157 Å². The first kappa shape index (κ1) is 24.0. The standard InChI is InChI=1S/C22H43OS/c1-2-3-4-5-6-7-8-9-10-11-12-13-15-18-21-24-22-19-16-14-17-20-23/h2-19,21-22H2,1H3. The fourth-order valence-corrected chi connectivity index (χ4v) is 4.10. The fraction of sp³-hybridized carbons (Fsp3) is 0.955. The molecule has 0 saturated carbocycles. The van der Waals surface area contributed by atoms with Gasteiger partial charge in [0.15, 0.2) is 6.29 Å². The summed E-state index contributed by atoms with van der Waals surface area (Å²) < 4.78 is 0. The van der Waals surface area contributed by atoms with Gasteiger partial charge in [0.05, 0.1) is 0 Å². The Balaban J connectivity index is 2.94. The van der Waals surface area contributed by atoms with E-state index in [0.717, 1.165) is 6.42 Å². The van der Waals surface area contributed by atoms with Crippen LogP contribution >= 0.6 is 11.8 Å². The molecule has 0 atom stereocenters. The van der Waals surface area contributed by atoms with Crippen LogP contribution in [0.4, 0.5) is 0 Å². The van der Waals surface area contributed by atoms with Crippen molar-refractivity contribution < 1.29 is 4.79 Å². The van der Waals surface area contributed by atoms with E-state index in [-0.39, 0.29) is 0 Å². The Morgan fingerprint density at radius 1 is 0.542 bits per heavy atom. The van der Waals surface area contributed by atoms with E-state index in [4.69, 9.17) is 0 Å². The van der Waals surface area contributed by atoms with E-state index in [1.54, 1.807) is 0 Å². The van der Waals surface area contributed by atoms with Crippen LogP contribution < -0.4 is 0 Å². The van der Waals surface area contributed by atoms with Crippen molar-refractivity contribution in [2.24, 2.45) is 0 Å². The molecular formula is C22H43OS. The Bertz CT molecular complexity index is 230. The minimum absolute atomic E-state index is 0.629. The summed E-state index contributed by atoms with van der Waals surface area (Å²) in [7, 11) is 0. The molecule has 0 aromatic carbocycles. The molecule has 143 valence electrons. The van der Waals surface area contributed by atoms with E-state index < -0.39 is 0 Å². The maximum atomic E-state index is 10.1. The van der Waals surface area contributed by atoms with Crippen LogP contribution in [0, 0.1) is 0 Å². The zero-order chi connectivity index (χ0) is 17.6. The van der Waals surface area contributed by atoms with Crippen LogP contribution in [0.2, 0.25) is 0 Å². The number of rotatable bonds is 21. The van der Waals surface area contributed by atoms with E-state index in [0.29, 0.717) is 6.42 Å². The third-order valence-electron chi connectivity index (χ3n) is 4.71. The normalized spacial score (nSPS) is 11.0. The van der Waals surface area contributed by atoms with Gasteiger partial charge in [0.25, 0.3) is 0 Å². The molecule has 0 aliphatic rings. The first-order valence-electron chi connectivity index (χ1n) is 10.8. The molecule has 2 heteroatoms. The van der Waals surface area contributed by atoms with Gasteiger partial charge in [0.2, 0.25) is 0 Å². The van der Waals surface area contributed by atoms with Crippen molar-refractivity contribution in [3.63, 3.8) is 0 Å². The fourth-order valence-electron chi connectivity index (χ4n) is 3.08. The van der Waals surface area contributed by atoms with Crippen LogP contribution in [-0.4, -0.2) is 17.8 Å². The van der Waals surface area contributed by atoms with Crippen molar-refractivity contribution in [1.29, 1.82) is 0 Å². The lowest BCUT2D eigenvalue weighted by Gasteiger charge is -2.04. The Kier molecular flexibility index (Phi) is 23.0. The van der Waals surface area contributed by atoms with Crippen LogP contribution in [0.25, 0.3) is 0 Å². The highest BCUT2D eigenvalue weighted by atomic mass is 32.2. The molecule has 0 fully saturated rings. The summed E-state index contributed by atoms with van der Waals surface area (Å²) in [5.41, 5.74) is 0. The molecule has 0 spiro atoms. The number of hydrogen-bond donors (Lipinski definition) is 0. The third kappa shape index (κ3) is 22.0. The van der Waals surface area contributed by atoms with E-state index in [1.807, 2.05) is 6.29 Å². The first-order chi connectivity index (χ1) is 11.9. The van der Waals surface area contributed by atoms with Gasteiger partial charge in [-0.2, -0.15) is 11.8 Å². The number of thioether (sulfide) groups is 1. The number of hydrogen-bond acceptors (Lipinski definition) is 2. The first-order valence-corrected chi connectivity index (χ1v) is 12.0. The van der Waals surface area contributed by atoms with E-state index in [2.05, 4.69) is 18.7 Å². The molecule has 0 aromatic heterocycles. The summed E-state index contributed by atoms with van der Waals surface area (Å²) >= 11 is 2.10. The zero-order valence-corrected chi connectivity index (χ0v) is 17.3. The van der Waals surface area contributed by atoms with Gasteiger partial charge in [-0.25, -0.2) is 0 Å². The molecule has 0 amide bonds. The van der Waals surface area contributed by atoms with Gasteiger partial charge in [0.1, 0.15) is 0 Å². The Morgan fingerprint density at radius 2 is 0.917 bits per heavy atom. The lowest BCUT2D eigenvalue weighted by Crippen LogP contribution is -1.87. The van der Waals surface area contributed by atoms with Gasteiger partial charge < -0.3 is 0 Å². The molecular weight excluding hydrogens is 312 g/mol. The van der Waals surface area contributed by atoms with Crippen LogP contribution in [0.15, 0.2) is 0 Å². The highest BCUT2D eigenvalue weighted by Crippen LogP contribution is 2.14. The second kappa shape index (κ2) is 23.0. The van der Waals surface area contributed by atoms with Crippen molar-refractivity contribution >= 4 is 18.0 Å². The van der Waals surface area contributed by atoms with Crippen molar-refractivity contribution in [3.8, 4) is 0 Å². The lowest BCUT2D eigenvalue weighted by molar-refractivity contribution is 0.538. The molecule has 0 aromatic rings. The van der Waals surface area contributed by atoms with Gasteiger partial charge in [-0.15, -0.1) is 0 Å². The zero-order valence-electron chi connectivity index (χ0n) is 16.5. The van der Waals surface area contributed by atoms with Crippen LogP contribution in [0.5, 0.6) is 0 Å². The minimum Gasteiger partial charge on any atom is -0.291 e. The Morgan fingerprint density at radius 3 is 1.33 bits per heavy atom. The number of carbonyl (C=O) groups excluding carboxylic acids is 1. The second-order valence-corrected chi connectivity index (χ2v) is 8.39. The van der Waals surface area contributed by atoms with Gasteiger partial charge in [-0.3, -0.25) is 4.79 Å². The van der Waals surface area contributed by atoms with Crippen molar-refractivity contribution in [2.75, 3.05) is 11.5 Å². The van der Waals surface area contributed by atoms with Crippen molar-refractivity contribution in [3.05, 3.63) is 0 Å². The lowest BCUT2D eigenvalue weighted by atomic mass is 10.0. The third-order valence-corrected chi connectivity index (χ3v) is 5.86. The van der Waals surface area contributed by atoms with Crippen molar-refractivity contribution in [2.45, 2.75) is 122 Å². The average molecular weight is 356 g/mol. The van der Waals surface area contributed by atoms with E-state index >= 15 is 0 Å². The molecule has 0 N–H and O–H groups in total. The molecule has 0 aliphatic carbocycles. The number of unbranched alkanes of at least 4 members (excludes halogenated alkanes) is 16. The molecule has 0 heterocycles. The largest absolute Gasteiger partial charge is 0.291 e. The summed E-state index contributed by atoms with van der Waals surface area (Å²) in [6.45, 7) is 2.29. The topological polar surface area (TPSA) is 17.1 Å². The highest BCUT2D eigenvalue weighted by molar-refractivity contribution is 7.99. The van der Waals surface area contributed by atoms with Crippen molar-refractivity contribution in [1.82, 2.24) is 0 Å².